The highest BCUT2D eigenvalue weighted by atomic mass is 16.4. The molecule has 1 aromatic rings. The van der Waals surface area contributed by atoms with Crippen LogP contribution in [0.15, 0.2) is 12.1 Å². The number of hydrogen-bond donors (Lipinski definition) is 1. The topological polar surface area (TPSA) is 83.4 Å². The summed E-state index contributed by atoms with van der Waals surface area (Å²) in [6.07, 6.45) is 0. The molecule has 0 radical (unpaired) electrons. The molecule has 1 aromatic heterocycles. The van der Waals surface area contributed by atoms with Gasteiger partial charge in [0.25, 0.3) is 5.91 Å². The summed E-state index contributed by atoms with van der Waals surface area (Å²) >= 11 is 0. The summed E-state index contributed by atoms with van der Waals surface area (Å²) in [5, 5.41) is 16.7. The molecule has 0 fully saturated rings. The summed E-state index contributed by atoms with van der Waals surface area (Å²) in [6.45, 7) is 5.27. The van der Waals surface area contributed by atoms with E-state index in [1.54, 1.807) is 32.9 Å². The normalized spacial score (nSPS) is 12.3. The number of carbonyl (C=O) groups excluding carboxylic acids is 1. The molecule has 6 nitrogen and oxygen atoms in total. The predicted molar refractivity (Wildman–Crippen MR) is 65.1 cm³/mol. The minimum absolute atomic E-state index is 0.148. The van der Waals surface area contributed by atoms with Gasteiger partial charge in [-0.2, -0.15) is 5.10 Å². The zero-order chi connectivity index (χ0) is 13.9. The van der Waals surface area contributed by atoms with E-state index in [4.69, 9.17) is 5.11 Å². The van der Waals surface area contributed by atoms with Crippen LogP contribution in [0.1, 0.15) is 30.0 Å². The standard InChI is InChI=1S/C12H17N3O3/c1-7(2)10(12(17)18)15(4)11(16)9-6-5-8(3)13-14-9/h5-7,10H,1-4H3,(H,17,18). The van der Waals surface area contributed by atoms with Crippen molar-refractivity contribution in [1.82, 2.24) is 15.1 Å². The monoisotopic (exact) mass is 251 g/mol. The second-order valence-electron chi connectivity index (χ2n) is 4.50. The van der Waals surface area contributed by atoms with Gasteiger partial charge in [-0.15, -0.1) is 5.10 Å². The van der Waals surface area contributed by atoms with Crippen molar-refractivity contribution in [2.45, 2.75) is 26.8 Å². The van der Waals surface area contributed by atoms with E-state index in [1.807, 2.05) is 0 Å². The second-order valence-corrected chi connectivity index (χ2v) is 4.50. The van der Waals surface area contributed by atoms with Gasteiger partial charge in [0.2, 0.25) is 0 Å². The lowest BCUT2D eigenvalue weighted by Gasteiger charge is -2.27. The Balaban J connectivity index is 2.95. The zero-order valence-electron chi connectivity index (χ0n) is 10.9. The molecular formula is C12H17N3O3. The van der Waals surface area contributed by atoms with Gasteiger partial charge >= 0.3 is 5.97 Å². The third-order valence-electron chi connectivity index (χ3n) is 2.64. The molecular weight excluding hydrogens is 234 g/mol. The molecule has 0 saturated heterocycles. The van der Waals surface area contributed by atoms with Gasteiger partial charge in [-0.25, -0.2) is 4.79 Å². The Bertz CT molecular complexity index is 442. The largest absolute Gasteiger partial charge is 0.480 e. The fourth-order valence-corrected chi connectivity index (χ4v) is 1.72. The highest BCUT2D eigenvalue weighted by Gasteiger charge is 2.30. The van der Waals surface area contributed by atoms with Crippen molar-refractivity contribution in [3.8, 4) is 0 Å². The van der Waals surface area contributed by atoms with E-state index in [-0.39, 0.29) is 11.6 Å². The van der Waals surface area contributed by atoms with E-state index in [9.17, 15) is 9.59 Å². The fraction of sp³-hybridized carbons (Fsp3) is 0.500. The molecule has 0 spiro atoms. The molecule has 1 N–H and O–H groups in total. The number of nitrogens with zero attached hydrogens (tertiary/aromatic N) is 3. The first kappa shape index (κ1) is 14.1. The predicted octanol–water partition coefficient (Wildman–Crippen LogP) is 0.966. The Morgan fingerprint density at radius 1 is 1.28 bits per heavy atom. The minimum atomic E-state index is -1.03. The van der Waals surface area contributed by atoms with Crippen molar-refractivity contribution in [3.63, 3.8) is 0 Å². The van der Waals surface area contributed by atoms with E-state index in [0.29, 0.717) is 5.69 Å². The molecule has 98 valence electrons. The highest BCUT2D eigenvalue weighted by molar-refractivity contribution is 5.94. The molecule has 18 heavy (non-hydrogen) atoms. The van der Waals surface area contributed by atoms with Gasteiger partial charge in [-0.3, -0.25) is 4.79 Å². The van der Waals surface area contributed by atoms with Crippen molar-refractivity contribution < 1.29 is 14.7 Å². The van der Waals surface area contributed by atoms with Crippen LogP contribution in [0.3, 0.4) is 0 Å². The van der Waals surface area contributed by atoms with Gasteiger partial charge in [-0.05, 0) is 25.0 Å². The third-order valence-corrected chi connectivity index (χ3v) is 2.64. The second kappa shape index (κ2) is 5.57. The number of rotatable bonds is 4. The molecule has 1 rings (SSSR count). The van der Waals surface area contributed by atoms with Crippen LogP contribution in [0.4, 0.5) is 0 Å². The minimum Gasteiger partial charge on any atom is -0.480 e. The summed E-state index contributed by atoms with van der Waals surface area (Å²) in [7, 11) is 1.46. The van der Waals surface area contributed by atoms with Crippen LogP contribution in [0, 0.1) is 12.8 Å². The van der Waals surface area contributed by atoms with Crippen molar-refractivity contribution in [2.75, 3.05) is 7.05 Å². The SMILES string of the molecule is Cc1ccc(C(=O)N(C)C(C(=O)O)C(C)C)nn1. The molecule has 1 heterocycles. The van der Waals surface area contributed by atoms with Gasteiger partial charge in [-0.1, -0.05) is 13.8 Å². The zero-order valence-corrected chi connectivity index (χ0v) is 10.9. The van der Waals surface area contributed by atoms with E-state index < -0.39 is 17.9 Å². The first-order valence-corrected chi connectivity index (χ1v) is 5.65. The summed E-state index contributed by atoms with van der Waals surface area (Å²) < 4.78 is 0. The molecule has 1 unspecified atom stereocenters. The lowest BCUT2D eigenvalue weighted by Crippen LogP contribution is -2.45. The number of aryl methyl sites for hydroxylation is 1. The van der Waals surface area contributed by atoms with Crippen LogP contribution in [0.5, 0.6) is 0 Å². The molecule has 0 aliphatic heterocycles. The Morgan fingerprint density at radius 3 is 2.28 bits per heavy atom. The molecule has 0 saturated carbocycles. The first-order chi connectivity index (χ1) is 8.34. The lowest BCUT2D eigenvalue weighted by molar-refractivity contribution is -0.143. The quantitative estimate of drug-likeness (QED) is 0.862. The number of amides is 1. The smallest absolute Gasteiger partial charge is 0.326 e. The fourth-order valence-electron chi connectivity index (χ4n) is 1.72. The average Bonchev–Trinajstić information content (AvgIpc) is 2.28. The maximum atomic E-state index is 12.1. The first-order valence-electron chi connectivity index (χ1n) is 5.65. The van der Waals surface area contributed by atoms with Crippen molar-refractivity contribution >= 4 is 11.9 Å². The van der Waals surface area contributed by atoms with Crippen LogP contribution >= 0.6 is 0 Å². The summed E-state index contributed by atoms with van der Waals surface area (Å²) in [5.41, 5.74) is 0.850. The molecule has 6 heteroatoms. The van der Waals surface area contributed by atoms with Gasteiger partial charge in [0, 0.05) is 7.05 Å². The Kier molecular flexibility index (Phi) is 4.36. The average molecular weight is 251 g/mol. The number of carboxylic acid groups (broad SMARTS) is 1. The van der Waals surface area contributed by atoms with E-state index in [2.05, 4.69) is 10.2 Å². The number of aromatic nitrogens is 2. The number of carbonyl (C=O) groups is 2. The highest BCUT2D eigenvalue weighted by Crippen LogP contribution is 2.12. The van der Waals surface area contributed by atoms with Crippen molar-refractivity contribution in [2.24, 2.45) is 5.92 Å². The van der Waals surface area contributed by atoms with Crippen LogP contribution in [0.2, 0.25) is 0 Å². The Hall–Kier alpha value is -1.98. The number of likely N-dealkylation sites (N-methyl/N-ethyl adjacent to an activating group) is 1. The van der Waals surface area contributed by atoms with Gasteiger partial charge in [0.15, 0.2) is 5.69 Å². The molecule has 1 amide bonds. The molecule has 0 aliphatic rings. The van der Waals surface area contributed by atoms with Crippen molar-refractivity contribution in [3.05, 3.63) is 23.5 Å². The molecule has 0 aromatic carbocycles. The number of hydrogen-bond acceptors (Lipinski definition) is 4. The maximum Gasteiger partial charge on any atom is 0.326 e. The summed E-state index contributed by atoms with van der Waals surface area (Å²) in [5.74, 6) is -1.65. The number of aliphatic carboxylic acids is 1. The van der Waals surface area contributed by atoms with E-state index in [1.165, 1.54) is 11.9 Å². The molecule has 0 bridgehead atoms. The van der Waals surface area contributed by atoms with E-state index >= 15 is 0 Å². The van der Waals surface area contributed by atoms with Crippen LogP contribution in [0.25, 0.3) is 0 Å². The number of carboxylic acids is 1. The summed E-state index contributed by atoms with van der Waals surface area (Å²) in [4.78, 5) is 24.4. The van der Waals surface area contributed by atoms with Crippen LogP contribution in [-0.4, -0.2) is 45.2 Å². The van der Waals surface area contributed by atoms with Gasteiger partial charge in [0.05, 0.1) is 5.69 Å². The summed E-state index contributed by atoms with van der Waals surface area (Å²) in [6, 6.07) is 2.33. The van der Waals surface area contributed by atoms with Crippen LogP contribution < -0.4 is 0 Å². The van der Waals surface area contributed by atoms with Gasteiger partial charge in [0.1, 0.15) is 6.04 Å². The lowest BCUT2D eigenvalue weighted by atomic mass is 10.0. The van der Waals surface area contributed by atoms with Crippen LogP contribution in [-0.2, 0) is 4.79 Å². The molecule has 1 atom stereocenters. The van der Waals surface area contributed by atoms with E-state index in [0.717, 1.165) is 0 Å². The Morgan fingerprint density at radius 2 is 1.89 bits per heavy atom. The third kappa shape index (κ3) is 3.03. The van der Waals surface area contributed by atoms with Crippen molar-refractivity contribution in [1.29, 1.82) is 0 Å². The van der Waals surface area contributed by atoms with Gasteiger partial charge < -0.3 is 10.0 Å². The maximum absolute atomic E-state index is 12.1. The Labute approximate surface area is 106 Å². The molecule has 0 aliphatic carbocycles.